The average Bonchev–Trinajstić information content (AvgIpc) is 2.62. The Kier molecular flexibility index (Phi) is 5.68. The van der Waals surface area contributed by atoms with Crippen molar-refractivity contribution >= 4 is 23.4 Å². The van der Waals surface area contributed by atoms with E-state index in [-0.39, 0.29) is 11.6 Å². The second-order valence-electron chi connectivity index (χ2n) is 7.97. The number of carbonyl (C=O) groups is 2. The summed E-state index contributed by atoms with van der Waals surface area (Å²) in [6.07, 6.45) is 3.59. The molecule has 0 saturated carbocycles. The maximum atomic E-state index is 14.0. The molecule has 1 aliphatic carbocycles. The monoisotopic (exact) mass is 384 g/mol. The van der Waals surface area contributed by atoms with Crippen LogP contribution in [0.15, 0.2) is 36.4 Å². The zero-order valence-corrected chi connectivity index (χ0v) is 16.4. The molecule has 0 unspecified atom stereocenters. The van der Waals surface area contributed by atoms with Crippen molar-refractivity contribution in [3.8, 4) is 0 Å². The molecule has 28 heavy (non-hydrogen) atoms. The maximum absolute atomic E-state index is 14.0. The fourth-order valence-electron chi connectivity index (χ4n) is 3.19. The highest BCUT2D eigenvalue weighted by atomic mass is 19.1. The van der Waals surface area contributed by atoms with Gasteiger partial charge in [0.15, 0.2) is 0 Å². The Hall–Kier alpha value is -2.89. The molecule has 5 nitrogen and oxygen atoms in total. The Bertz CT molecular complexity index is 903. The van der Waals surface area contributed by atoms with Gasteiger partial charge in [0.05, 0.1) is 5.69 Å². The van der Waals surface area contributed by atoms with Gasteiger partial charge in [-0.3, -0.25) is 10.1 Å². The average molecular weight is 384 g/mol. The first-order valence-corrected chi connectivity index (χ1v) is 9.44. The third kappa shape index (κ3) is 5.09. The first-order chi connectivity index (χ1) is 13.2. The molecule has 0 fully saturated rings. The lowest BCUT2D eigenvalue weighted by Gasteiger charge is -2.20. The van der Waals surface area contributed by atoms with Crippen LogP contribution in [0.3, 0.4) is 0 Å². The lowest BCUT2D eigenvalue weighted by Crippen LogP contribution is -2.27. The normalized spacial score (nSPS) is 13.4. The van der Waals surface area contributed by atoms with Gasteiger partial charge in [-0.05, 0) is 87.9 Å². The highest BCUT2D eigenvalue weighted by Gasteiger charge is 2.18. The van der Waals surface area contributed by atoms with E-state index >= 15 is 0 Å². The lowest BCUT2D eigenvalue weighted by molar-refractivity contribution is 0.0635. The number of aryl methyl sites for hydroxylation is 2. The summed E-state index contributed by atoms with van der Waals surface area (Å²) in [5.74, 6) is -0.888. The molecule has 0 radical (unpaired) electrons. The molecule has 2 N–H and O–H groups in total. The summed E-state index contributed by atoms with van der Waals surface area (Å²) in [5.41, 5.74) is 2.71. The summed E-state index contributed by atoms with van der Waals surface area (Å²) in [6, 6.07) is 9.75. The van der Waals surface area contributed by atoms with E-state index in [0.717, 1.165) is 19.3 Å². The number of ether oxygens (including phenoxy) is 1. The van der Waals surface area contributed by atoms with Crippen molar-refractivity contribution in [1.82, 2.24) is 0 Å². The number of anilines is 2. The number of rotatable bonds is 3. The zero-order chi connectivity index (χ0) is 20.3. The van der Waals surface area contributed by atoms with Crippen LogP contribution in [0, 0.1) is 5.82 Å². The second-order valence-corrected chi connectivity index (χ2v) is 7.97. The molecular formula is C22H25FN2O3. The number of nitrogens with one attached hydrogen (secondary N) is 2. The third-order valence-corrected chi connectivity index (χ3v) is 4.47. The van der Waals surface area contributed by atoms with Crippen molar-refractivity contribution in [2.75, 3.05) is 10.6 Å². The van der Waals surface area contributed by atoms with Gasteiger partial charge in [-0.1, -0.05) is 6.07 Å². The number of benzene rings is 2. The summed E-state index contributed by atoms with van der Waals surface area (Å²) < 4.78 is 19.2. The molecule has 148 valence electrons. The maximum Gasteiger partial charge on any atom is 0.412 e. The van der Waals surface area contributed by atoms with E-state index in [1.165, 1.54) is 35.7 Å². The second kappa shape index (κ2) is 8.00. The van der Waals surface area contributed by atoms with Gasteiger partial charge >= 0.3 is 6.09 Å². The lowest BCUT2D eigenvalue weighted by atomic mass is 9.90. The van der Waals surface area contributed by atoms with Crippen LogP contribution < -0.4 is 10.6 Å². The molecule has 6 heteroatoms. The molecule has 0 atom stereocenters. The largest absolute Gasteiger partial charge is 0.444 e. The summed E-state index contributed by atoms with van der Waals surface area (Å²) in [4.78, 5) is 24.5. The standard InChI is InChI=1S/C22H25FN2O3/c1-22(2,3)28-21(27)25-19-13-17(10-11-18(19)23)24-20(26)16-9-8-14-6-4-5-7-15(14)12-16/h8-13H,4-7H2,1-3H3,(H,24,26)(H,25,27). The van der Waals surface area contributed by atoms with Crippen LogP contribution in [0.25, 0.3) is 0 Å². The molecule has 0 heterocycles. The number of fused-ring (bicyclic) bond motifs is 1. The summed E-state index contributed by atoms with van der Waals surface area (Å²) in [7, 11) is 0. The molecule has 2 aromatic carbocycles. The highest BCUT2D eigenvalue weighted by molar-refractivity contribution is 6.04. The minimum Gasteiger partial charge on any atom is -0.444 e. The Labute approximate surface area is 164 Å². The molecular weight excluding hydrogens is 359 g/mol. The SMILES string of the molecule is CC(C)(C)OC(=O)Nc1cc(NC(=O)c2ccc3c(c2)CCCC3)ccc1F. The van der Waals surface area contributed by atoms with Crippen molar-refractivity contribution < 1.29 is 18.7 Å². The molecule has 2 aromatic rings. The van der Waals surface area contributed by atoms with Gasteiger partial charge in [-0.25, -0.2) is 9.18 Å². The Morgan fingerprint density at radius 3 is 2.39 bits per heavy atom. The van der Waals surface area contributed by atoms with Crippen molar-refractivity contribution in [2.24, 2.45) is 0 Å². The fraction of sp³-hybridized carbons (Fsp3) is 0.364. The number of halogens is 1. The van der Waals surface area contributed by atoms with E-state index in [1.54, 1.807) is 20.8 Å². The first kappa shape index (κ1) is 19.9. The van der Waals surface area contributed by atoms with Gasteiger partial charge in [0.25, 0.3) is 5.91 Å². The Morgan fingerprint density at radius 1 is 0.964 bits per heavy atom. The number of carbonyl (C=O) groups excluding carboxylic acids is 2. The van der Waals surface area contributed by atoms with Crippen LogP contribution in [-0.2, 0) is 17.6 Å². The summed E-state index contributed by atoms with van der Waals surface area (Å²) >= 11 is 0. The number of amides is 2. The molecule has 1 aliphatic rings. The van der Waals surface area contributed by atoms with Gasteiger partial charge in [0, 0.05) is 11.3 Å². The van der Waals surface area contributed by atoms with E-state index in [1.807, 2.05) is 18.2 Å². The van der Waals surface area contributed by atoms with Gasteiger partial charge in [-0.2, -0.15) is 0 Å². The van der Waals surface area contributed by atoms with Gasteiger partial charge in [0.2, 0.25) is 0 Å². The summed E-state index contributed by atoms with van der Waals surface area (Å²) in [6.45, 7) is 5.16. The number of hydrogen-bond acceptors (Lipinski definition) is 3. The van der Waals surface area contributed by atoms with Gasteiger partial charge < -0.3 is 10.1 Å². The van der Waals surface area contributed by atoms with Crippen LogP contribution in [0.5, 0.6) is 0 Å². The van der Waals surface area contributed by atoms with Crippen LogP contribution in [0.1, 0.15) is 55.1 Å². The van der Waals surface area contributed by atoms with Crippen LogP contribution in [-0.4, -0.2) is 17.6 Å². The van der Waals surface area contributed by atoms with E-state index in [4.69, 9.17) is 4.74 Å². The van der Waals surface area contributed by atoms with Crippen molar-refractivity contribution in [3.63, 3.8) is 0 Å². The van der Waals surface area contributed by atoms with Crippen LogP contribution >= 0.6 is 0 Å². The number of hydrogen-bond donors (Lipinski definition) is 2. The molecule has 0 aliphatic heterocycles. The molecule has 3 rings (SSSR count). The first-order valence-electron chi connectivity index (χ1n) is 9.44. The van der Waals surface area contributed by atoms with Crippen LogP contribution in [0.2, 0.25) is 0 Å². The molecule has 0 bridgehead atoms. The quantitative estimate of drug-likeness (QED) is 0.754. The molecule has 2 amide bonds. The van der Waals surface area contributed by atoms with Gasteiger partial charge in [-0.15, -0.1) is 0 Å². The third-order valence-electron chi connectivity index (χ3n) is 4.47. The van der Waals surface area contributed by atoms with Crippen molar-refractivity contribution in [2.45, 2.75) is 52.1 Å². The predicted octanol–water partition coefficient (Wildman–Crippen LogP) is 5.30. The van der Waals surface area contributed by atoms with Crippen molar-refractivity contribution in [3.05, 3.63) is 58.9 Å². The Balaban J connectivity index is 1.72. The van der Waals surface area contributed by atoms with Crippen LogP contribution in [0.4, 0.5) is 20.6 Å². The van der Waals surface area contributed by atoms with E-state index in [2.05, 4.69) is 10.6 Å². The topological polar surface area (TPSA) is 67.4 Å². The zero-order valence-electron chi connectivity index (χ0n) is 16.4. The van der Waals surface area contributed by atoms with Gasteiger partial charge in [0.1, 0.15) is 11.4 Å². The van der Waals surface area contributed by atoms with Crippen molar-refractivity contribution in [1.29, 1.82) is 0 Å². The van der Waals surface area contributed by atoms with E-state index in [0.29, 0.717) is 11.3 Å². The minimum atomic E-state index is -0.760. The predicted molar refractivity (Wildman–Crippen MR) is 107 cm³/mol. The summed E-state index contributed by atoms with van der Waals surface area (Å²) in [5, 5.41) is 5.13. The minimum absolute atomic E-state index is 0.0579. The highest BCUT2D eigenvalue weighted by Crippen LogP contribution is 2.24. The fourth-order valence-corrected chi connectivity index (χ4v) is 3.19. The smallest absolute Gasteiger partial charge is 0.412 e. The molecule has 0 saturated heterocycles. The Morgan fingerprint density at radius 2 is 1.68 bits per heavy atom. The molecule has 0 spiro atoms. The van der Waals surface area contributed by atoms with E-state index in [9.17, 15) is 14.0 Å². The molecule has 0 aromatic heterocycles. The van der Waals surface area contributed by atoms with E-state index < -0.39 is 17.5 Å².